The molecule has 28 heavy (non-hydrogen) atoms. The Morgan fingerprint density at radius 2 is 1.71 bits per heavy atom. The number of halogens is 1. The van der Waals surface area contributed by atoms with Crippen LogP contribution in [0, 0.1) is 0 Å². The SMILES string of the molecule is O=C1CC(c2ccco2)CC2=C1C(c1ccccc1Cl)Nc1ccccc1N2. The van der Waals surface area contributed by atoms with Crippen molar-refractivity contribution in [2.45, 2.75) is 24.8 Å². The zero-order valence-electron chi connectivity index (χ0n) is 15.1. The van der Waals surface area contributed by atoms with E-state index in [9.17, 15) is 4.79 Å². The van der Waals surface area contributed by atoms with Gasteiger partial charge in [0.2, 0.25) is 0 Å². The van der Waals surface area contributed by atoms with Gasteiger partial charge in [-0.3, -0.25) is 4.79 Å². The number of benzene rings is 2. The average molecular weight is 391 g/mol. The van der Waals surface area contributed by atoms with Crippen LogP contribution in [0.2, 0.25) is 5.02 Å². The molecule has 2 aromatic carbocycles. The van der Waals surface area contributed by atoms with E-state index in [0.717, 1.165) is 34.0 Å². The predicted molar refractivity (Wildman–Crippen MR) is 111 cm³/mol. The van der Waals surface area contributed by atoms with Crippen molar-refractivity contribution in [3.8, 4) is 0 Å². The number of hydrogen-bond acceptors (Lipinski definition) is 4. The van der Waals surface area contributed by atoms with Gasteiger partial charge < -0.3 is 15.1 Å². The van der Waals surface area contributed by atoms with Gasteiger partial charge in [-0.1, -0.05) is 41.9 Å². The van der Waals surface area contributed by atoms with Gasteiger partial charge in [-0.2, -0.15) is 0 Å². The minimum Gasteiger partial charge on any atom is -0.469 e. The van der Waals surface area contributed by atoms with E-state index in [-0.39, 0.29) is 17.7 Å². The van der Waals surface area contributed by atoms with Crippen LogP contribution in [-0.4, -0.2) is 5.78 Å². The molecule has 1 aliphatic carbocycles. The zero-order chi connectivity index (χ0) is 19.1. The van der Waals surface area contributed by atoms with Crippen LogP contribution in [0.5, 0.6) is 0 Å². The highest BCUT2D eigenvalue weighted by molar-refractivity contribution is 6.31. The number of anilines is 2. The molecule has 0 fully saturated rings. The Bertz CT molecular complexity index is 1070. The quantitative estimate of drug-likeness (QED) is 0.570. The predicted octanol–water partition coefficient (Wildman–Crippen LogP) is 5.91. The molecule has 1 aromatic heterocycles. The number of fused-ring (bicyclic) bond motifs is 1. The van der Waals surface area contributed by atoms with Crippen molar-refractivity contribution in [3.63, 3.8) is 0 Å². The van der Waals surface area contributed by atoms with Crippen LogP contribution < -0.4 is 10.6 Å². The van der Waals surface area contributed by atoms with Crippen LogP contribution >= 0.6 is 11.6 Å². The highest BCUT2D eigenvalue weighted by Crippen LogP contribution is 2.45. The van der Waals surface area contributed by atoms with Crippen LogP contribution in [0.3, 0.4) is 0 Å². The summed E-state index contributed by atoms with van der Waals surface area (Å²) in [6.45, 7) is 0. The third kappa shape index (κ3) is 2.90. The van der Waals surface area contributed by atoms with E-state index in [4.69, 9.17) is 16.0 Å². The van der Waals surface area contributed by atoms with Gasteiger partial charge in [0.15, 0.2) is 5.78 Å². The number of hydrogen-bond donors (Lipinski definition) is 2. The highest BCUT2D eigenvalue weighted by Gasteiger charge is 2.37. The second kappa shape index (κ2) is 6.88. The van der Waals surface area contributed by atoms with Crippen molar-refractivity contribution in [1.29, 1.82) is 0 Å². The number of rotatable bonds is 2. The van der Waals surface area contributed by atoms with Gasteiger partial charge in [0.25, 0.3) is 0 Å². The molecule has 2 atom stereocenters. The highest BCUT2D eigenvalue weighted by atomic mass is 35.5. The summed E-state index contributed by atoms with van der Waals surface area (Å²) in [5.74, 6) is 0.993. The summed E-state index contributed by atoms with van der Waals surface area (Å²) in [7, 11) is 0. The van der Waals surface area contributed by atoms with E-state index in [0.29, 0.717) is 17.9 Å². The summed E-state index contributed by atoms with van der Waals surface area (Å²) in [5, 5.41) is 7.71. The lowest BCUT2D eigenvalue weighted by atomic mass is 9.80. The number of furan rings is 1. The Balaban J connectivity index is 1.65. The fourth-order valence-electron chi connectivity index (χ4n) is 4.16. The van der Waals surface area contributed by atoms with Crippen molar-refractivity contribution >= 4 is 28.8 Å². The number of ketones is 1. The summed E-state index contributed by atoms with van der Waals surface area (Å²) in [6, 6.07) is 19.2. The molecule has 3 aromatic rings. The number of para-hydroxylation sites is 2. The molecule has 2 N–H and O–H groups in total. The van der Waals surface area contributed by atoms with Crippen LogP contribution in [0.4, 0.5) is 11.4 Å². The molecular weight excluding hydrogens is 372 g/mol. The number of Topliss-reactive ketones (excluding diaryl/α,β-unsaturated/α-hetero) is 1. The first-order valence-electron chi connectivity index (χ1n) is 9.37. The van der Waals surface area contributed by atoms with Gasteiger partial charge in [0, 0.05) is 28.6 Å². The molecule has 5 heteroatoms. The average Bonchev–Trinajstić information content (AvgIpc) is 3.17. The molecule has 0 radical (unpaired) electrons. The van der Waals surface area contributed by atoms with Crippen LogP contribution in [0.15, 0.2) is 82.6 Å². The molecule has 0 amide bonds. The summed E-state index contributed by atoms with van der Waals surface area (Å²) in [4.78, 5) is 13.3. The van der Waals surface area contributed by atoms with E-state index >= 15 is 0 Å². The first-order chi connectivity index (χ1) is 13.7. The first kappa shape index (κ1) is 17.1. The Morgan fingerprint density at radius 3 is 2.50 bits per heavy atom. The molecule has 140 valence electrons. The molecule has 0 spiro atoms. The van der Waals surface area contributed by atoms with Crippen molar-refractivity contribution < 1.29 is 9.21 Å². The molecule has 2 unspecified atom stereocenters. The lowest BCUT2D eigenvalue weighted by Crippen LogP contribution is -2.26. The van der Waals surface area contributed by atoms with Crippen LogP contribution in [0.25, 0.3) is 0 Å². The van der Waals surface area contributed by atoms with Crippen molar-refractivity contribution in [2.24, 2.45) is 0 Å². The minimum atomic E-state index is -0.301. The first-order valence-corrected chi connectivity index (χ1v) is 9.75. The standard InChI is InChI=1S/C23H19ClN2O2/c24-16-7-2-1-6-15(16)23-22-19(25-17-8-3-4-9-18(17)26-23)12-14(13-20(22)27)21-10-5-11-28-21/h1-11,14,23,25-26H,12-13H2. The van der Waals surface area contributed by atoms with Gasteiger partial charge in [-0.05, 0) is 42.3 Å². The number of carbonyl (C=O) groups is 1. The maximum Gasteiger partial charge on any atom is 0.163 e. The van der Waals surface area contributed by atoms with E-state index in [1.807, 2.05) is 60.7 Å². The third-order valence-corrected chi connectivity index (χ3v) is 5.81. The number of nitrogens with one attached hydrogen (secondary N) is 2. The minimum absolute atomic E-state index is 0.0332. The number of allylic oxidation sites excluding steroid dienone is 1. The molecule has 0 saturated heterocycles. The van der Waals surface area contributed by atoms with E-state index in [2.05, 4.69) is 10.6 Å². The normalized spacial score (nSPS) is 21.2. The van der Waals surface area contributed by atoms with Gasteiger partial charge >= 0.3 is 0 Å². The third-order valence-electron chi connectivity index (χ3n) is 5.47. The van der Waals surface area contributed by atoms with Gasteiger partial charge in [-0.15, -0.1) is 0 Å². The molecule has 1 aliphatic heterocycles. The lowest BCUT2D eigenvalue weighted by Gasteiger charge is -2.29. The topological polar surface area (TPSA) is 54.3 Å². The fourth-order valence-corrected chi connectivity index (χ4v) is 4.40. The molecular formula is C23H19ClN2O2. The lowest BCUT2D eigenvalue weighted by molar-refractivity contribution is -0.116. The zero-order valence-corrected chi connectivity index (χ0v) is 15.9. The van der Waals surface area contributed by atoms with E-state index in [1.54, 1.807) is 6.26 Å². The fraction of sp³-hybridized carbons (Fsp3) is 0.174. The maximum absolute atomic E-state index is 13.3. The largest absolute Gasteiger partial charge is 0.469 e. The molecule has 4 nitrogen and oxygen atoms in total. The van der Waals surface area contributed by atoms with E-state index in [1.165, 1.54) is 0 Å². The molecule has 5 rings (SSSR count). The van der Waals surface area contributed by atoms with Gasteiger partial charge in [0.05, 0.1) is 23.7 Å². The second-order valence-electron chi connectivity index (χ2n) is 7.21. The maximum atomic E-state index is 13.3. The summed E-state index contributed by atoms with van der Waals surface area (Å²) >= 11 is 6.52. The summed E-state index contributed by atoms with van der Waals surface area (Å²) in [5.41, 5.74) is 4.49. The molecule has 2 aliphatic rings. The molecule has 2 heterocycles. The summed E-state index contributed by atoms with van der Waals surface area (Å²) in [6.07, 6.45) is 2.80. The Hall–Kier alpha value is -2.98. The monoisotopic (exact) mass is 390 g/mol. The van der Waals surface area contributed by atoms with Gasteiger partial charge in [0.1, 0.15) is 5.76 Å². The number of carbonyl (C=O) groups excluding carboxylic acids is 1. The smallest absolute Gasteiger partial charge is 0.163 e. The Kier molecular flexibility index (Phi) is 4.21. The van der Waals surface area contributed by atoms with Crippen LogP contribution in [0.1, 0.15) is 36.1 Å². The molecule has 0 saturated carbocycles. The molecule has 0 bridgehead atoms. The van der Waals surface area contributed by atoms with Crippen molar-refractivity contribution in [3.05, 3.63) is 94.5 Å². The van der Waals surface area contributed by atoms with Crippen LogP contribution in [-0.2, 0) is 4.79 Å². The van der Waals surface area contributed by atoms with Crippen molar-refractivity contribution in [1.82, 2.24) is 0 Å². The van der Waals surface area contributed by atoms with E-state index < -0.39 is 0 Å². The van der Waals surface area contributed by atoms with Gasteiger partial charge in [-0.25, -0.2) is 0 Å². The Morgan fingerprint density at radius 1 is 0.929 bits per heavy atom. The summed E-state index contributed by atoms with van der Waals surface area (Å²) < 4.78 is 5.59. The second-order valence-corrected chi connectivity index (χ2v) is 7.61. The van der Waals surface area contributed by atoms with Crippen molar-refractivity contribution in [2.75, 3.05) is 10.6 Å². The Labute approximate surface area is 168 Å².